The molecule has 1 saturated heterocycles. The summed E-state index contributed by atoms with van der Waals surface area (Å²) in [6.07, 6.45) is -0.0122. The molecule has 1 heterocycles. The lowest BCUT2D eigenvalue weighted by atomic mass is 10.0. The number of hydrogen-bond donors (Lipinski definition) is 0. The summed E-state index contributed by atoms with van der Waals surface area (Å²) < 4.78 is 17.1. The maximum atomic E-state index is 5.82. The van der Waals surface area contributed by atoms with Crippen molar-refractivity contribution >= 4 is 0 Å². The summed E-state index contributed by atoms with van der Waals surface area (Å²) in [5.74, 6) is 5.99. The molecule has 152 valence electrons. The highest BCUT2D eigenvalue weighted by atomic mass is 16.7. The van der Waals surface area contributed by atoms with Gasteiger partial charge in [0.15, 0.2) is 5.79 Å². The maximum absolute atomic E-state index is 5.82. The molecule has 0 unspecified atom stereocenters. The smallest absolute Gasteiger partial charge is 0.163 e. The van der Waals surface area contributed by atoms with Gasteiger partial charge in [-0.15, -0.1) is 0 Å². The first kappa shape index (κ1) is 20.4. The van der Waals surface area contributed by atoms with Gasteiger partial charge in [0.05, 0.1) is 19.8 Å². The van der Waals surface area contributed by atoms with Gasteiger partial charge in [0, 0.05) is 11.1 Å². The van der Waals surface area contributed by atoms with Gasteiger partial charge >= 0.3 is 0 Å². The molecule has 1 fully saturated rings. The highest BCUT2D eigenvalue weighted by molar-refractivity contribution is 5.64. The van der Waals surface area contributed by atoms with E-state index in [2.05, 4.69) is 72.5 Å². The Bertz CT molecular complexity index is 1030. The van der Waals surface area contributed by atoms with Crippen molar-refractivity contribution < 1.29 is 14.2 Å². The molecule has 3 nitrogen and oxygen atoms in total. The highest BCUT2D eigenvalue weighted by Crippen LogP contribution is 2.22. The van der Waals surface area contributed by atoms with E-state index in [0.29, 0.717) is 19.8 Å². The molecule has 0 saturated carbocycles. The summed E-state index contributed by atoms with van der Waals surface area (Å²) >= 11 is 0. The third-order valence-electron chi connectivity index (χ3n) is 4.91. The Morgan fingerprint density at radius 3 is 2.33 bits per heavy atom. The van der Waals surface area contributed by atoms with Gasteiger partial charge in [-0.3, -0.25) is 0 Å². The fraction of sp³-hybridized carbons (Fsp3) is 0.259. The van der Waals surface area contributed by atoms with E-state index in [1.807, 2.05) is 32.0 Å². The second kappa shape index (κ2) is 9.28. The van der Waals surface area contributed by atoms with Crippen LogP contribution >= 0.6 is 0 Å². The van der Waals surface area contributed by atoms with Crippen molar-refractivity contribution in [3.63, 3.8) is 0 Å². The van der Waals surface area contributed by atoms with Crippen molar-refractivity contribution in [3.05, 3.63) is 95.6 Å². The molecule has 1 atom stereocenters. The van der Waals surface area contributed by atoms with Crippen LogP contribution in [0.2, 0.25) is 0 Å². The van der Waals surface area contributed by atoms with Crippen molar-refractivity contribution in [3.8, 4) is 23.0 Å². The van der Waals surface area contributed by atoms with Gasteiger partial charge in [0.25, 0.3) is 0 Å². The Labute approximate surface area is 178 Å². The van der Waals surface area contributed by atoms with Gasteiger partial charge in [0.1, 0.15) is 6.10 Å². The topological polar surface area (TPSA) is 27.7 Å². The molecule has 1 aliphatic heterocycles. The van der Waals surface area contributed by atoms with E-state index in [0.717, 1.165) is 16.7 Å². The molecule has 3 aromatic rings. The van der Waals surface area contributed by atoms with E-state index in [9.17, 15) is 0 Å². The van der Waals surface area contributed by atoms with Gasteiger partial charge in [-0.2, -0.15) is 0 Å². The molecule has 1 aliphatic rings. The SMILES string of the molecule is CC1(C)OC[C@H](COCc2cccc(C#Cc3ccc(-c4ccccc4)cc3)c2)O1. The average molecular weight is 399 g/mol. The Morgan fingerprint density at radius 2 is 1.60 bits per heavy atom. The third kappa shape index (κ3) is 5.58. The molecule has 3 aromatic carbocycles. The fourth-order valence-electron chi connectivity index (χ4n) is 3.41. The molecule has 0 aliphatic carbocycles. The van der Waals surface area contributed by atoms with E-state index in [4.69, 9.17) is 14.2 Å². The van der Waals surface area contributed by atoms with Crippen LogP contribution in [0, 0.1) is 11.8 Å². The van der Waals surface area contributed by atoms with Crippen LogP contribution in [0.15, 0.2) is 78.9 Å². The zero-order chi connectivity index (χ0) is 20.8. The summed E-state index contributed by atoms with van der Waals surface area (Å²) in [6.45, 7) is 5.46. The largest absolute Gasteiger partial charge is 0.374 e. The first-order valence-corrected chi connectivity index (χ1v) is 10.2. The van der Waals surface area contributed by atoms with Crippen LogP contribution in [-0.4, -0.2) is 25.1 Å². The van der Waals surface area contributed by atoms with Crippen molar-refractivity contribution in [1.29, 1.82) is 0 Å². The normalized spacial score (nSPS) is 17.3. The summed E-state index contributed by atoms with van der Waals surface area (Å²) in [4.78, 5) is 0. The molecule has 0 aromatic heterocycles. The first-order chi connectivity index (χ1) is 14.6. The minimum Gasteiger partial charge on any atom is -0.374 e. The van der Waals surface area contributed by atoms with Gasteiger partial charge in [-0.1, -0.05) is 66.4 Å². The van der Waals surface area contributed by atoms with Crippen molar-refractivity contribution in [2.24, 2.45) is 0 Å². The quantitative estimate of drug-likeness (QED) is 0.537. The molecule has 4 rings (SSSR count). The van der Waals surface area contributed by atoms with E-state index in [-0.39, 0.29) is 6.10 Å². The Hall–Kier alpha value is -2.90. The molecule has 0 N–H and O–H groups in total. The van der Waals surface area contributed by atoms with Crippen LogP contribution < -0.4 is 0 Å². The number of ether oxygens (including phenoxy) is 3. The lowest BCUT2D eigenvalue weighted by Gasteiger charge is -2.17. The fourth-order valence-corrected chi connectivity index (χ4v) is 3.41. The van der Waals surface area contributed by atoms with Crippen molar-refractivity contribution in [1.82, 2.24) is 0 Å². The number of rotatable bonds is 5. The zero-order valence-electron chi connectivity index (χ0n) is 17.4. The molecule has 30 heavy (non-hydrogen) atoms. The molecular formula is C27H26O3. The van der Waals surface area contributed by atoms with Gasteiger partial charge in [-0.05, 0) is 54.8 Å². The van der Waals surface area contributed by atoms with Crippen LogP contribution in [0.4, 0.5) is 0 Å². The molecule has 0 spiro atoms. The predicted molar refractivity (Wildman–Crippen MR) is 119 cm³/mol. The first-order valence-electron chi connectivity index (χ1n) is 10.2. The Morgan fingerprint density at radius 1 is 0.867 bits per heavy atom. The van der Waals surface area contributed by atoms with Crippen LogP contribution in [0.1, 0.15) is 30.5 Å². The van der Waals surface area contributed by atoms with Crippen LogP contribution in [-0.2, 0) is 20.8 Å². The monoisotopic (exact) mass is 398 g/mol. The molecule has 0 radical (unpaired) electrons. The molecule has 0 amide bonds. The summed E-state index contributed by atoms with van der Waals surface area (Å²) in [7, 11) is 0. The lowest BCUT2D eigenvalue weighted by Crippen LogP contribution is -2.24. The lowest BCUT2D eigenvalue weighted by molar-refractivity contribution is -0.145. The second-order valence-corrected chi connectivity index (χ2v) is 7.86. The molecular weight excluding hydrogens is 372 g/mol. The average Bonchev–Trinajstić information content (AvgIpc) is 3.12. The van der Waals surface area contributed by atoms with Crippen LogP contribution in [0.3, 0.4) is 0 Å². The van der Waals surface area contributed by atoms with Crippen LogP contribution in [0.25, 0.3) is 11.1 Å². The van der Waals surface area contributed by atoms with Crippen LogP contribution in [0.5, 0.6) is 0 Å². The summed E-state index contributed by atoms with van der Waals surface area (Å²) in [6, 6.07) is 26.9. The Balaban J connectivity index is 1.34. The number of hydrogen-bond acceptors (Lipinski definition) is 3. The van der Waals surface area contributed by atoms with Crippen molar-refractivity contribution in [2.75, 3.05) is 13.2 Å². The highest BCUT2D eigenvalue weighted by Gasteiger charge is 2.32. The minimum atomic E-state index is -0.511. The predicted octanol–water partition coefficient (Wildman–Crippen LogP) is 5.42. The van der Waals surface area contributed by atoms with Gasteiger partial charge in [0.2, 0.25) is 0 Å². The minimum absolute atomic E-state index is 0.0122. The summed E-state index contributed by atoms with van der Waals surface area (Å²) in [5, 5.41) is 0. The maximum Gasteiger partial charge on any atom is 0.163 e. The van der Waals surface area contributed by atoms with E-state index in [1.165, 1.54) is 11.1 Å². The van der Waals surface area contributed by atoms with Gasteiger partial charge in [-0.25, -0.2) is 0 Å². The van der Waals surface area contributed by atoms with E-state index in [1.54, 1.807) is 0 Å². The second-order valence-electron chi connectivity index (χ2n) is 7.86. The van der Waals surface area contributed by atoms with E-state index < -0.39 is 5.79 Å². The molecule has 3 heteroatoms. The molecule has 0 bridgehead atoms. The van der Waals surface area contributed by atoms with E-state index >= 15 is 0 Å². The van der Waals surface area contributed by atoms with Crippen molar-refractivity contribution in [2.45, 2.75) is 32.3 Å². The zero-order valence-corrected chi connectivity index (χ0v) is 17.4. The standard InChI is InChI=1S/C27H26O3/c1-27(2)29-20-26(30-27)19-28-18-23-8-6-7-22(17-23)12-11-21-13-15-25(16-14-21)24-9-4-3-5-10-24/h3-10,13-17,26H,18-20H2,1-2H3/t26-/m0/s1. The number of benzene rings is 3. The third-order valence-corrected chi connectivity index (χ3v) is 4.91. The Kier molecular flexibility index (Phi) is 6.30. The summed E-state index contributed by atoms with van der Waals surface area (Å²) in [5.41, 5.74) is 5.48. The van der Waals surface area contributed by atoms with Gasteiger partial charge < -0.3 is 14.2 Å².